The molecule has 1 saturated heterocycles. The lowest BCUT2D eigenvalue weighted by Gasteiger charge is -2.39. The van der Waals surface area contributed by atoms with E-state index in [1.807, 2.05) is 37.3 Å². The number of halogens is 2. The number of hydrogen-bond acceptors (Lipinski definition) is 2. The van der Waals surface area contributed by atoms with Crippen LogP contribution in [0.1, 0.15) is 18.9 Å². The molecule has 0 bridgehead atoms. The largest absolute Gasteiger partial charge is 0.438 e. The van der Waals surface area contributed by atoms with Crippen molar-refractivity contribution in [1.29, 1.82) is 0 Å². The molecule has 3 aromatic carbocycles. The standard InChI is InChI=1S/C23H19F2NO2/c1-23(17-6-3-2-4-7-17)14-15-26(22(27)28-23)20-9-5-8-19(21(20)25)16-10-12-18(24)13-11-16/h2-13H,14-15H2,1H3. The maximum atomic E-state index is 15.2. The summed E-state index contributed by atoms with van der Waals surface area (Å²) >= 11 is 0. The lowest BCUT2D eigenvalue weighted by atomic mass is 9.91. The number of hydrogen-bond donors (Lipinski definition) is 0. The van der Waals surface area contributed by atoms with Gasteiger partial charge in [-0.1, -0.05) is 54.6 Å². The molecule has 0 N–H and O–H groups in total. The van der Waals surface area contributed by atoms with Crippen LogP contribution in [0.5, 0.6) is 0 Å². The van der Waals surface area contributed by atoms with Crippen LogP contribution in [0, 0.1) is 11.6 Å². The molecule has 1 aliphatic rings. The van der Waals surface area contributed by atoms with E-state index in [0.717, 1.165) is 5.56 Å². The van der Waals surface area contributed by atoms with Gasteiger partial charge in [-0.25, -0.2) is 13.6 Å². The molecule has 1 unspecified atom stereocenters. The average molecular weight is 379 g/mol. The molecule has 1 aliphatic heterocycles. The number of ether oxygens (including phenoxy) is 1. The van der Waals surface area contributed by atoms with Gasteiger partial charge in [0.2, 0.25) is 0 Å². The van der Waals surface area contributed by atoms with Gasteiger partial charge < -0.3 is 4.74 Å². The van der Waals surface area contributed by atoms with E-state index in [1.54, 1.807) is 18.2 Å². The predicted octanol–water partition coefficient (Wildman–Crippen LogP) is 5.89. The van der Waals surface area contributed by atoms with E-state index in [4.69, 9.17) is 4.74 Å². The first-order valence-electron chi connectivity index (χ1n) is 9.08. The Morgan fingerprint density at radius 1 is 0.929 bits per heavy atom. The zero-order valence-corrected chi connectivity index (χ0v) is 15.4. The molecular formula is C23H19F2NO2. The second kappa shape index (κ2) is 7.08. The van der Waals surface area contributed by atoms with Crippen LogP contribution in [0.15, 0.2) is 72.8 Å². The highest BCUT2D eigenvalue weighted by Crippen LogP contribution is 2.37. The van der Waals surface area contributed by atoms with Crippen LogP contribution in [0.4, 0.5) is 19.3 Å². The number of carbonyl (C=O) groups excluding carboxylic acids is 1. The van der Waals surface area contributed by atoms with E-state index in [9.17, 15) is 9.18 Å². The molecule has 0 spiro atoms. The Morgan fingerprint density at radius 2 is 1.64 bits per heavy atom. The Bertz CT molecular complexity index is 1000. The van der Waals surface area contributed by atoms with Crippen LogP contribution >= 0.6 is 0 Å². The molecule has 1 amide bonds. The Balaban J connectivity index is 1.63. The summed E-state index contributed by atoms with van der Waals surface area (Å²) in [6, 6.07) is 19.9. The van der Waals surface area contributed by atoms with Gasteiger partial charge in [0.15, 0.2) is 5.82 Å². The third-order valence-electron chi connectivity index (χ3n) is 5.15. The SMILES string of the molecule is CC1(c2ccccc2)CCN(c2cccc(-c3ccc(F)cc3)c2F)C(=O)O1. The molecule has 0 aromatic heterocycles. The lowest BCUT2D eigenvalue weighted by Crippen LogP contribution is -2.47. The summed E-state index contributed by atoms with van der Waals surface area (Å²) in [5.41, 5.74) is 1.16. The second-order valence-electron chi connectivity index (χ2n) is 7.01. The van der Waals surface area contributed by atoms with Crippen molar-refractivity contribution in [3.63, 3.8) is 0 Å². The summed E-state index contributed by atoms with van der Waals surface area (Å²) in [4.78, 5) is 14.0. The molecule has 0 radical (unpaired) electrons. The van der Waals surface area contributed by atoms with Gasteiger partial charge in [-0.3, -0.25) is 4.90 Å². The number of carbonyl (C=O) groups is 1. The highest BCUT2D eigenvalue weighted by molar-refractivity contribution is 5.90. The molecule has 5 heteroatoms. The van der Waals surface area contributed by atoms with Crippen LogP contribution in [0.25, 0.3) is 11.1 Å². The highest BCUT2D eigenvalue weighted by atomic mass is 19.1. The molecule has 1 fully saturated rings. The summed E-state index contributed by atoms with van der Waals surface area (Å²) < 4.78 is 34.1. The van der Waals surface area contributed by atoms with Crippen LogP contribution in [-0.4, -0.2) is 12.6 Å². The normalized spacial score (nSPS) is 19.4. The van der Waals surface area contributed by atoms with E-state index in [1.165, 1.54) is 29.2 Å². The molecule has 1 atom stereocenters. The fraction of sp³-hybridized carbons (Fsp3) is 0.174. The third-order valence-corrected chi connectivity index (χ3v) is 5.15. The van der Waals surface area contributed by atoms with Gasteiger partial charge in [-0.05, 0) is 36.2 Å². The van der Waals surface area contributed by atoms with Crippen molar-refractivity contribution >= 4 is 11.8 Å². The van der Waals surface area contributed by atoms with E-state index in [-0.39, 0.29) is 11.5 Å². The molecule has 0 saturated carbocycles. The summed E-state index contributed by atoms with van der Waals surface area (Å²) in [6.07, 6.45) is -0.0593. The number of nitrogens with zero attached hydrogens (tertiary/aromatic N) is 1. The maximum Gasteiger partial charge on any atom is 0.415 e. The summed E-state index contributed by atoms with van der Waals surface area (Å²) in [7, 11) is 0. The van der Waals surface area contributed by atoms with Crippen molar-refractivity contribution in [2.24, 2.45) is 0 Å². The lowest BCUT2D eigenvalue weighted by molar-refractivity contribution is 0.00566. The van der Waals surface area contributed by atoms with Gasteiger partial charge in [-0.15, -0.1) is 0 Å². The zero-order chi connectivity index (χ0) is 19.7. The second-order valence-corrected chi connectivity index (χ2v) is 7.01. The fourth-order valence-corrected chi connectivity index (χ4v) is 3.51. The van der Waals surface area contributed by atoms with E-state index >= 15 is 4.39 Å². The van der Waals surface area contributed by atoms with Crippen LogP contribution in [0.3, 0.4) is 0 Å². The Kier molecular flexibility index (Phi) is 4.59. The van der Waals surface area contributed by atoms with E-state index in [2.05, 4.69) is 0 Å². The molecule has 1 heterocycles. The molecular weight excluding hydrogens is 360 g/mol. The number of benzene rings is 3. The van der Waals surface area contributed by atoms with Gasteiger partial charge in [-0.2, -0.15) is 0 Å². The van der Waals surface area contributed by atoms with Crippen LogP contribution < -0.4 is 4.90 Å². The van der Waals surface area contributed by atoms with Crippen molar-refractivity contribution < 1.29 is 18.3 Å². The van der Waals surface area contributed by atoms with Gasteiger partial charge in [0, 0.05) is 18.5 Å². The molecule has 3 nitrogen and oxygen atoms in total. The van der Waals surface area contributed by atoms with Crippen molar-refractivity contribution in [2.75, 3.05) is 11.4 Å². The molecule has 142 valence electrons. The first kappa shape index (κ1) is 18.2. The van der Waals surface area contributed by atoms with Gasteiger partial charge in [0.25, 0.3) is 0 Å². The molecule has 0 aliphatic carbocycles. The van der Waals surface area contributed by atoms with Gasteiger partial charge in [0.1, 0.15) is 11.4 Å². The predicted molar refractivity (Wildman–Crippen MR) is 104 cm³/mol. The summed E-state index contributed by atoms with van der Waals surface area (Å²) in [5, 5.41) is 0. The first-order chi connectivity index (χ1) is 13.5. The highest BCUT2D eigenvalue weighted by Gasteiger charge is 2.39. The third kappa shape index (κ3) is 3.24. The van der Waals surface area contributed by atoms with Crippen molar-refractivity contribution in [1.82, 2.24) is 0 Å². The number of anilines is 1. The maximum absolute atomic E-state index is 15.2. The number of amides is 1. The number of cyclic esters (lactones) is 1. The summed E-state index contributed by atoms with van der Waals surface area (Å²) in [6.45, 7) is 2.19. The summed E-state index contributed by atoms with van der Waals surface area (Å²) in [5.74, 6) is -0.922. The van der Waals surface area contributed by atoms with Crippen molar-refractivity contribution in [3.05, 3.63) is 90.0 Å². The average Bonchev–Trinajstić information content (AvgIpc) is 2.70. The minimum atomic E-state index is -0.750. The first-order valence-corrected chi connectivity index (χ1v) is 9.08. The van der Waals surface area contributed by atoms with E-state index < -0.39 is 17.5 Å². The quantitative estimate of drug-likeness (QED) is 0.567. The Hall–Kier alpha value is -3.21. The van der Waals surface area contributed by atoms with E-state index in [0.29, 0.717) is 24.1 Å². The van der Waals surface area contributed by atoms with Crippen LogP contribution in [-0.2, 0) is 10.3 Å². The Labute approximate surface area is 162 Å². The smallest absolute Gasteiger partial charge is 0.415 e. The fourth-order valence-electron chi connectivity index (χ4n) is 3.51. The molecule has 4 rings (SSSR count). The number of rotatable bonds is 3. The van der Waals surface area contributed by atoms with Crippen molar-refractivity contribution in [3.8, 4) is 11.1 Å². The molecule has 3 aromatic rings. The van der Waals surface area contributed by atoms with Gasteiger partial charge in [0.05, 0.1) is 5.69 Å². The Morgan fingerprint density at radius 3 is 2.32 bits per heavy atom. The zero-order valence-electron chi connectivity index (χ0n) is 15.4. The van der Waals surface area contributed by atoms with Crippen molar-refractivity contribution in [2.45, 2.75) is 18.9 Å². The molecule has 28 heavy (non-hydrogen) atoms. The van der Waals surface area contributed by atoms with Gasteiger partial charge >= 0.3 is 6.09 Å². The topological polar surface area (TPSA) is 29.5 Å². The minimum absolute atomic E-state index is 0.155. The van der Waals surface area contributed by atoms with Crippen LogP contribution in [0.2, 0.25) is 0 Å². The monoisotopic (exact) mass is 379 g/mol. The minimum Gasteiger partial charge on any atom is -0.438 e.